The van der Waals surface area contributed by atoms with E-state index < -0.39 is 0 Å². The van der Waals surface area contributed by atoms with E-state index in [0.29, 0.717) is 0 Å². The highest BCUT2D eigenvalue weighted by Crippen LogP contribution is 2.50. The van der Waals surface area contributed by atoms with Gasteiger partial charge in [-0.25, -0.2) is 0 Å². The van der Waals surface area contributed by atoms with Gasteiger partial charge < -0.3 is 13.7 Å². The van der Waals surface area contributed by atoms with Crippen LogP contribution in [0.1, 0.15) is 25.0 Å². The van der Waals surface area contributed by atoms with Gasteiger partial charge in [-0.15, -0.1) is 0 Å². The summed E-state index contributed by atoms with van der Waals surface area (Å²) >= 11 is 0. The molecule has 15 aromatic rings. The first kappa shape index (κ1) is 44.3. The summed E-state index contributed by atoms with van der Waals surface area (Å²) in [5, 5.41) is 7.56. The second kappa shape index (κ2) is 17.0. The highest BCUT2D eigenvalue weighted by atomic mass is 15.0. The second-order valence-electron chi connectivity index (χ2n) is 21.7. The van der Waals surface area contributed by atoms with E-state index in [1.807, 2.05) is 0 Å². The molecule has 1 aliphatic rings. The summed E-state index contributed by atoms with van der Waals surface area (Å²) in [4.78, 5) is 0. The van der Waals surface area contributed by atoms with Gasteiger partial charge in [-0.1, -0.05) is 202 Å². The van der Waals surface area contributed by atoms with Crippen molar-refractivity contribution < 1.29 is 0 Å². The first-order chi connectivity index (χ1) is 38.4. The van der Waals surface area contributed by atoms with Gasteiger partial charge in [-0.2, -0.15) is 0 Å². The number of fused-ring (bicyclic) bond motifs is 12. The van der Waals surface area contributed by atoms with Crippen molar-refractivity contribution in [3.63, 3.8) is 0 Å². The Bertz CT molecular complexity index is 4520. The summed E-state index contributed by atoms with van der Waals surface area (Å²) in [6.45, 7) is 4.74. The Morgan fingerprint density at radius 2 is 0.513 bits per heavy atom. The summed E-state index contributed by atoms with van der Waals surface area (Å²) in [6, 6.07) is 101. The number of rotatable bonds is 7. The summed E-state index contributed by atoms with van der Waals surface area (Å²) in [6.07, 6.45) is 0. The van der Waals surface area contributed by atoms with Gasteiger partial charge in [0, 0.05) is 54.8 Å². The number of nitrogens with zero attached hydrogens (tertiary/aromatic N) is 3. The highest BCUT2D eigenvalue weighted by molar-refractivity contribution is 6.13. The number of hydrogen-bond acceptors (Lipinski definition) is 0. The Kier molecular flexibility index (Phi) is 9.68. The Morgan fingerprint density at radius 1 is 0.218 bits per heavy atom. The highest BCUT2D eigenvalue weighted by Gasteiger charge is 2.35. The molecule has 0 fully saturated rings. The van der Waals surface area contributed by atoms with Crippen LogP contribution in [0.5, 0.6) is 0 Å². The van der Waals surface area contributed by atoms with Crippen LogP contribution in [0.3, 0.4) is 0 Å². The van der Waals surface area contributed by atoms with Crippen molar-refractivity contribution in [1.29, 1.82) is 0 Å². The van der Waals surface area contributed by atoms with E-state index >= 15 is 0 Å². The van der Waals surface area contributed by atoms with Gasteiger partial charge in [-0.05, 0) is 152 Å². The van der Waals surface area contributed by atoms with Crippen molar-refractivity contribution >= 4 is 65.4 Å². The van der Waals surface area contributed by atoms with E-state index in [1.165, 1.54) is 138 Å². The molecule has 0 aliphatic heterocycles. The molecular weight excluding hydrogens is 943 g/mol. The van der Waals surface area contributed by atoms with Crippen LogP contribution in [0.2, 0.25) is 0 Å². The van der Waals surface area contributed by atoms with Gasteiger partial charge in [0.05, 0.1) is 33.1 Å². The fourth-order valence-corrected chi connectivity index (χ4v) is 13.2. The number of para-hydroxylation sites is 4. The van der Waals surface area contributed by atoms with Gasteiger partial charge in [0.2, 0.25) is 0 Å². The minimum absolute atomic E-state index is 0.109. The molecule has 3 aromatic heterocycles. The molecule has 0 radical (unpaired) electrons. The lowest BCUT2D eigenvalue weighted by Gasteiger charge is -2.22. The Labute approximate surface area is 452 Å². The Hall–Kier alpha value is -9.96. The van der Waals surface area contributed by atoms with Crippen molar-refractivity contribution in [2.24, 2.45) is 0 Å². The SMILES string of the molecule is CC1(C)c2ccccc2-c2ccc(-n3c4ccc(-c5ccc(-c6ccc(-n7c8ccccc8c8ccccc87)cc6)cc5)cc4c4cc(-c5ccc(-c6ccc(-n7c8ccccc8c8ccccc87)cc6)cc5)ccc43)cc21. The van der Waals surface area contributed by atoms with Gasteiger partial charge >= 0.3 is 0 Å². The maximum Gasteiger partial charge on any atom is 0.0541 e. The molecule has 3 heterocycles. The van der Waals surface area contributed by atoms with Gasteiger partial charge in [0.25, 0.3) is 0 Å². The summed E-state index contributed by atoms with van der Waals surface area (Å²) in [5.74, 6) is 0. The summed E-state index contributed by atoms with van der Waals surface area (Å²) < 4.78 is 7.24. The maximum atomic E-state index is 2.48. The lowest BCUT2D eigenvalue weighted by molar-refractivity contribution is 0.660. The molecule has 0 unspecified atom stereocenters. The lowest BCUT2D eigenvalue weighted by Crippen LogP contribution is -2.15. The molecule has 78 heavy (non-hydrogen) atoms. The third-order valence-corrected chi connectivity index (χ3v) is 17.1. The average molecular weight is 994 g/mol. The molecule has 12 aromatic carbocycles. The average Bonchev–Trinajstić information content (AvgIpc) is 4.27. The van der Waals surface area contributed by atoms with Crippen LogP contribution in [-0.2, 0) is 5.41 Å². The predicted molar refractivity (Wildman–Crippen MR) is 329 cm³/mol. The standard InChI is InChI=1S/C75H51N3/c1-75(2)67-18-8-3-13-59(67)60-42-41-58(47-68(60)75)78-73-43-35-54(52-27-23-48(24-28-52)50-31-37-56(38-32-50)76-69-19-9-4-14-61(69)62-15-5-10-20-70(62)76)45-65(73)66-46-55(36-44-74(66)78)53-29-25-49(26-30-53)51-33-39-57(40-34-51)77-71-21-11-6-16-63(71)64-17-7-12-22-72(64)77/h3-47H,1-2H3. The normalized spacial score (nSPS) is 12.8. The third-order valence-electron chi connectivity index (χ3n) is 17.1. The molecule has 0 bridgehead atoms. The molecule has 1 aliphatic carbocycles. The zero-order valence-corrected chi connectivity index (χ0v) is 43.3. The monoisotopic (exact) mass is 993 g/mol. The maximum absolute atomic E-state index is 2.48. The number of aromatic nitrogens is 3. The van der Waals surface area contributed by atoms with Crippen LogP contribution >= 0.6 is 0 Å². The summed E-state index contributed by atoms with van der Waals surface area (Å²) in [7, 11) is 0. The van der Waals surface area contributed by atoms with E-state index in [-0.39, 0.29) is 5.41 Å². The predicted octanol–water partition coefficient (Wildman–Crippen LogP) is 20.0. The first-order valence-electron chi connectivity index (χ1n) is 27.1. The van der Waals surface area contributed by atoms with Gasteiger partial charge in [-0.3, -0.25) is 0 Å². The molecule has 0 N–H and O–H groups in total. The van der Waals surface area contributed by atoms with Gasteiger partial charge in [0.15, 0.2) is 0 Å². The van der Waals surface area contributed by atoms with E-state index in [1.54, 1.807) is 0 Å². The molecule has 16 rings (SSSR count). The molecule has 0 spiro atoms. The van der Waals surface area contributed by atoms with Crippen molar-refractivity contribution in [3.05, 3.63) is 284 Å². The van der Waals surface area contributed by atoms with E-state index in [4.69, 9.17) is 0 Å². The lowest BCUT2D eigenvalue weighted by atomic mass is 9.82. The summed E-state index contributed by atoms with van der Waals surface area (Å²) in [5.41, 5.74) is 25.6. The van der Waals surface area contributed by atoms with Crippen LogP contribution in [0.25, 0.3) is 138 Å². The van der Waals surface area contributed by atoms with Crippen LogP contribution in [0, 0.1) is 0 Å². The minimum atomic E-state index is -0.109. The largest absolute Gasteiger partial charge is 0.309 e. The zero-order valence-electron chi connectivity index (χ0n) is 43.3. The fourth-order valence-electron chi connectivity index (χ4n) is 13.2. The quantitative estimate of drug-likeness (QED) is 0.151. The Morgan fingerprint density at radius 3 is 0.936 bits per heavy atom. The molecule has 0 saturated heterocycles. The van der Waals surface area contributed by atoms with Gasteiger partial charge in [0.1, 0.15) is 0 Å². The van der Waals surface area contributed by atoms with E-state index in [2.05, 4.69) is 301 Å². The second-order valence-corrected chi connectivity index (χ2v) is 21.7. The smallest absolute Gasteiger partial charge is 0.0541 e. The van der Waals surface area contributed by atoms with Crippen LogP contribution in [-0.4, -0.2) is 13.7 Å². The molecule has 0 atom stereocenters. The Balaban J connectivity index is 0.755. The first-order valence-corrected chi connectivity index (χ1v) is 27.1. The molecule has 366 valence electrons. The van der Waals surface area contributed by atoms with E-state index in [0.717, 1.165) is 11.4 Å². The third kappa shape index (κ3) is 6.71. The topological polar surface area (TPSA) is 14.8 Å². The fraction of sp³-hybridized carbons (Fsp3) is 0.0400. The zero-order chi connectivity index (χ0) is 51.6. The number of benzene rings is 12. The van der Waals surface area contributed by atoms with Crippen LogP contribution in [0.4, 0.5) is 0 Å². The minimum Gasteiger partial charge on any atom is -0.309 e. The van der Waals surface area contributed by atoms with Crippen molar-refractivity contribution in [3.8, 4) is 72.7 Å². The molecule has 3 heteroatoms. The molecular formula is C75H51N3. The van der Waals surface area contributed by atoms with E-state index in [9.17, 15) is 0 Å². The number of hydrogen-bond donors (Lipinski definition) is 0. The molecule has 3 nitrogen and oxygen atoms in total. The van der Waals surface area contributed by atoms with Crippen molar-refractivity contribution in [2.45, 2.75) is 19.3 Å². The van der Waals surface area contributed by atoms with Crippen molar-refractivity contribution in [1.82, 2.24) is 13.7 Å². The van der Waals surface area contributed by atoms with Crippen LogP contribution in [0.15, 0.2) is 273 Å². The van der Waals surface area contributed by atoms with Crippen LogP contribution < -0.4 is 0 Å². The molecule has 0 saturated carbocycles. The molecule has 0 amide bonds. The van der Waals surface area contributed by atoms with Crippen molar-refractivity contribution in [2.75, 3.05) is 0 Å².